The SMILES string of the molecule is COCCn1c(SC(C)c2nc(-c3ccc(C)c(F)c3)no2)nc2cc(Cl)ccc2c1=O. The predicted molar refractivity (Wildman–Crippen MR) is 122 cm³/mol. The lowest BCUT2D eigenvalue weighted by Crippen LogP contribution is -2.25. The van der Waals surface area contributed by atoms with Crippen LogP contribution in [-0.2, 0) is 11.3 Å². The van der Waals surface area contributed by atoms with Gasteiger partial charge >= 0.3 is 0 Å². The number of nitrogens with zero attached hydrogens (tertiary/aromatic N) is 4. The van der Waals surface area contributed by atoms with Gasteiger partial charge in [-0.3, -0.25) is 9.36 Å². The molecule has 0 aliphatic carbocycles. The van der Waals surface area contributed by atoms with Crippen LogP contribution in [0.3, 0.4) is 0 Å². The molecule has 32 heavy (non-hydrogen) atoms. The predicted octanol–water partition coefficient (Wildman–Crippen LogP) is 5.05. The average molecular weight is 475 g/mol. The summed E-state index contributed by atoms with van der Waals surface area (Å²) in [7, 11) is 1.57. The maximum absolute atomic E-state index is 13.9. The van der Waals surface area contributed by atoms with Crippen molar-refractivity contribution in [3.8, 4) is 11.4 Å². The quantitative estimate of drug-likeness (QED) is 0.274. The highest BCUT2D eigenvalue weighted by Gasteiger charge is 2.21. The second-order valence-corrected chi connectivity index (χ2v) is 8.93. The Balaban J connectivity index is 1.67. The van der Waals surface area contributed by atoms with E-state index >= 15 is 0 Å². The number of aryl methyl sites for hydroxylation is 1. The van der Waals surface area contributed by atoms with Crippen molar-refractivity contribution in [2.24, 2.45) is 0 Å². The minimum atomic E-state index is -0.336. The number of hydrogen-bond donors (Lipinski definition) is 0. The number of hydrogen-bond acceptors (Lipinski definition) is 7. The van der Waals surface area contributed by atoms with Crippen LogP contribution in [0.25, 0.3) is 22.3 Å². The first-order valence-corrected chi connectivity index (χ1v) is 11.1. The number of halogens is 2. The van der Waals surface area contributed by atoms with Gasteiger partial charge in [0.1, 0.15) is 5.82 Å². The van der Waals surface area contributed by atoms with Gasteiger partial charge in [-0.2, -0.15) is 4.98 Å². The van der Waals surface area contributed by atoms with E-state index < -0.39 is 0 Å². The van der Waals surface area contributed by atoms with Gasteiger partial charge in [0.25, 0.3) is 5.56 Å². The molecule has 0 bridgehead atoms. The third-order valence-corrected chi connectivity index (χ3v) is 6.22. The Kier molecular flexibility index (Phi) is 6.59. The molecule has 4 aromatic rings. The molecule has 0 saturated carbocycles. The van der Waals surface area contributed by atoms with E-state index in [0.717, 1.165) is 0 Å². The maximum Gasteiger partial charge on any atom is 0.262 e. The Morgan fingerprint density at radius 2 is 2.06 bits per heavy atom. The monoisotopic (exact) mass is 474 g/mol. The molecule has 2 aromatic heterocycles. The van der Waals surface area contributed by atoms with Gasteiger partial charge in [-0.1, -0.05) is 40.7 Å². The van der Waals surface area contributed by atoms with Crippen LogP contribution in [-0.4, -0.2) is 33.4 Å². The molecule has 2 heterocycles. The molecule has 166 valence electrons. The topological polar surface area (TPSA) is 83.0 Å². The molecule has 0 amide bonds. The standard InChI is InChI=1S/C22H20ClFN4O3S/c1-12-4-5-14(10-17(12)24)19-26-20(31-27-19)13(2)32-22-25-18-11-15(23)6-7-16(18)21(29)28(22)8-9-30-3/h4-7,10-11,13H,8-9H2,1-3H3. The minimum Gasteiger partial charge on any atom is -0.383 e. The number of ether oxygens (including phenoxy) is 1. The molecule has 1 unspecified atom stereocenters. The summed E-state index contributed by atoms with van der Waals surface area (Å²) in [4.78, 5) is 22.1. The molecule has 0 N–H and O–H groups in total. The highest BCUT2D eigenvalue weighted by Crippen LogP contribution is 2.34. The Bertz CT molecular complexity index is 1340. The summed E-state index contributed by atoms with van der Waals surface area (Å²) in [5, 5.41) is 5.12. The maximum atomic E-state index is 13.9. The van der Waals surface area contributed by atoms with Crippen molar-refractivity contribution in [1.82, 2.24) is 19.7 Å². The first-order chi connectivity index (χ1) is 15.4. The molecule has 2 aromatic carbocycles. The fraction of sp³-hybridized carbons (Fsp3) is 0.273. The van der Waals surface area contributed by atoms with E-state index in [1.165, 1.54) is 17.8 Å². The van der Waals surface area contributed by atoms with E-state index in [9.17, 15) is 9.18 Å². The number of thioether (sulfide) groups is 1. The van der Waals surface area contributed by atoms with Gasteiger partial charge in [0.15, 0.2) is 5.16 Å². The molecule has 10 heteroatoms. The summed E-state index contributed by atoms with van der Waals surface area (Å²) in [6, 6.07) is 9.76. The number of methoxy groups -OCH3 is 1. The van der Waals surface area contributed by atoms with Crippen LogP contribution in [0.15, 0.2) is 50.9 Å². The molecule has 0 aliphatic rings. The Morgan fingerprint density at radius 3 is 2.81 bits per heavy atom. The Morgan fingerprint density at radius 1 is 1.25 bits per heavy atom. The molecule has 0 spiro atoms. The van der Waals surface area contributed by atoms with E-state index in [0.29, 0.717) is 57.1 Å². The summed E-state index contributed by atoms with van der Waals surface area (Å²) in [5.41, 5.74) is 1.39. The minimum absolute atomic E-state index is 0.181. The van der Waals surface area contributed by atoms with Gasteiger partial charge in [-0.05, 0) is 43.7 Å². The van der Waals surface area contributed by atoms with Crippen LogP contribution < -0.4 is 5.56 Å². The van der Waals surface area contributed by atoms with Crippen molar-refractivity contribution in [3.63, 3.8) is 0 Å². The van der Waals surface area contributed by atoms with Gasteiger partial charge in [0.2, 0.25) is 11.7 Å². The van der Waals surface area contributed by atoms with E-state index in [1.54, 1.807) is 48.9 Å². The van der Waals surface area contributed by atoms with E-state index in [-0.39, 0.29) is 16.6 Å². The second kappa shape index (κ2) is 9.40. The number of benzene rings is 2. The van der Waals surface area contributed by atoms with Crippen molar-refractivity contribution in [1.29, 1.82) is 0 Å². The first-order valence-electron chi connectivity index (χ1n) is 9.83. The highest BCUT2D eigenvalue weighted by molar-refractivity contribution is 7.99. The summed E-state index contributed by atoms with van der Waals surface area (Å²) < 4.78 is 26.0. The second-order valence-electron chi connectivity index (χ2n) is 7.19. The summed E-state index contributed by atoms with van der Waals surface area (Å²) in [5.74, 6) is 0.295. The zero-order valence-corrected chi connectivity index (χ0v) is 19.2. The molecule has 7 nitrogen and oxygen atoms in total. The molecule has 0 fully saturated rings. The third-order valence-electron chi connectivity index (χ3n) is 4.90. The zero-order valence-electron chi connectivity index (χ0n) is 17.6. The molecular formula is C22H20ClFN4O3S. The van der Waals surface area contributed by atoms with Crippen molar-refractivity contribution in [2.75, 3.05) is 13.7 Å². The fourth-order valence-electron chi connectivity index (χ4n) is 3.10. The molecule has 4 rings (SSSR count). The van der Waals surface area contributed by atoms with Gasteiger partial charge in [0, 0.05) is 17.7 Å². The lowest BCUT2D eigenvalue weighted by molar-refractivity contribution is 0.183. The smallest absolute Gasteiger partial charge is 0.262 e. The van der Waals surface area contributed by atoms with Gasteiger partial charge in [-0.15, -0.1) is 0 Å². The number of fused-ring (bicyclic) bond motifs is 1. The molecule has 0 radical (unpaired) electrons. The van der Waals surface area contributed by atoms with Crippen LogP contribution >= 0.6 is 23.4 Å². The van der Waals surface area contributed by atoms with Crippen LogP contribution in [0.4, 0.5) is 4.39 Å². The van der Waals surface area contributed by atoms with Gasteiger partial charge in [-0.25, -0.2) is 9.37 Å². The van der Waals surface area contributed by atoms with Crippen molar-refractivity contribution < 1.29 is 13.7 Å². The van der Waals surface area contributed by atoms with Crippen LogP contribution in [0, 0.1) is 12.7 Å². The molecule has 1 atom stereocenters. The van der Waals surface area contributed by atoms with Crippen molar-refractivity contribution in [2.45, 2.75) is 30.8 Å². The molecule has 0 aliphatic heterocycles. The summed E-state index contributed by atoms with van der Waals surface area (Å²) in [6.07, 6.45) is 0. The first kappa shape index (κ1) is 22.4. The summed E-state index contributed by atoms with van der Waals surface area (Å²) >= 11 is 7.40. The Labute approximate surface area is 192 Å². The Hall–Kier alpha value is -2.75. The van der Waals surface area contributed by atoms with E-state index in [1.807, 2.05) is 6.92 Å². The number of aromatic nitrogens is 4. The van der Waals surface area contributed by atoms with E-state index in [4.69, 9.17) is 20.9 Å². The lowest BCUT2D eigenvalue weighted by atomic mass is 10.1. The largest absolute Gasteiger partial charge is 0.383 e. The highest BCUT2D eigenvalue weighted by atomic mass is 35.5. The van der Waals surface area contributed by atoms with Gasteiger partial charge < -0.3 is 9.26 Å². The number of rotatable bonds is 7. The zero-order chi connectivity index (χ0) is 22.8. The van der Waals surface area contributed by atoms with Crippen molar-refractivity contribution in [3.05, 3.63) is 69.0 Å². The van der Waals surface area contributed by atoms with Crippen LogP contribution in [0.5, 0.6) is 0 Å². The summed E-state index contributed by atoms with van der Waals surface area (Å²) in [6.45, 7) is 4.25. The van der Waals surface area contributed by atoms with Gasteiger partial charge in [0.05, 0.1) is 29.3 Å². The molecule has 0 saturated heterocycles. The molecular weight excluding hydrogens is 455 g/mol. The fourth-order valence-corrected chi connectivity index (χ4v) is 4.23. The average Bonchev–Trinajstić information content (AvgIpc) is 3.26. The van der Waals surface area contributed by atoms with Crippen molar-refractivity contribution >= 4 is 34.3 Å². The van der Waals surface area contributed by atoms with Crippen LogP contribution in [0.2, 0.25) is 5.02 Å². The third kappa shape index (κ3) is 4.55. The lowest BCUT2D eigenvalue weighted by Gasteiger charge is -2.14. The van der Waals surface area contributed by atoms with Crippen LogP contribution in [0.1, 0.15) is 23.6 Å². The normalized spacial score (nSPS) is 12.4. The van der Waals surface area contributed by atoms with E-state index in [2.05, 4.69) is 15.1 Å².